The molecule has 23 heavy (non-hydrogen) atoms. The van der Waals surface area contributed by atoms with Gasteiger partial charge in [0.15, 0.2) is 5.78 Å². The van der Waals surface area contributed by atoms with E-state index in [4.69, 9.17) is 0 Å². The van der Waals surface area contributed by atoms with Crippen LogP contribution in [0.2, 0.25) is 0 Å². The highest BCUT2D eigenvalue weighted by atomic mass is 16.3. The molecule has 0 heterocycles. The lowest BCUT2D eigenvalue weighted by Crippen LogP contribution is -2.50. The second kappa shape index (κ2) is 4.29. The standard InChI is InChI=1S/C20H30O3/c1-12-5-6-14(22)19(4)8-7-13-16-17(2,11-21)9-15(23)18(16,3)10-20(12,13)19/h5-6,12-13,15-16,21,23H,7-11H2,1-4H3/t12-,13-,15+,16+,17-,18-,19-,20-/m0/s1. The molecule has 0 amide bonds. The molecular formula is C20H30O3. The maximum atomic E-state index is 12.8. The van der Waals surface area contributed by atoms with Crippen molar-refractivity contribution in [2.45, 2.75) is 59.5 Å². The Morgan fingerprint density at radius 3 is 2.65 bits per heavy atom. The van der Waals surface area contributed by atoms with Gasteiger partial charge in [-0.15, -0.1) is 0 Å². The number of allylic oxidation sites excluding steroid dienone is 2. The summed E-state index contributed by atoms with van der Waals surface area (Å²) in [4.78, 5) is 12.8. The summed E-state index contributed by atoms with van der Waals surface area (Å²) in [7, 11) is 0. The van der Waals surface area contributed by atoms with Crippen LogP contribution in [0.15, 0.2) is 12.2 Å². The molecular weight excluding hydrogens is 288 g/mol. The van der Waals surface area contributed by atoms with Crippen molar-refractivity contribution in [1.82, 2.24) is 0 Å². The number of rotatable bonds is 1. The number of aliphatic hydroxyl groups excluding tert-OH is 2. The predicted octanol–water partition coefficient (Wildman–Crippen LogP) is 2.95. The third kappa shape index (κ3) is 1.48. The van der Waals surface area contributed by atoms with E-state index in [0.717, 1.165) is 19.3 Å². The normalized spacial score (nSPS) is 60.7. The van der Waals surface area contributed by atoms with Gasteiger partial charge in [0.2, 0.25) is 0 Å². The second-order valence-electron chi connectivity index (χ2n) is 9.72. The topological polar surface area (TPSA) is 57.5 Å². The van der Waals surface area contributed by atoms with E-state index < -0.39 is 0 Å². The maximum Gasteiger partial charge on any atom is 0.161 e. The van der Waals surface area contributed by atoms with E-state index in [9.17, 15) is 15.0 Å². The van der Waals surface area contributed by atoms with E-state index >= 15 is 0 Å². The van der Waals surface area contributed by atoms with Gasteiger partial charge in [0.25, 0.3) is 0 Å². The van der Waals surface area contributed by atoms with E-state index in [0.29, 0.717) is 24.2 Å². The molecule has 1 spiro atoms. The van der Waals surface area contributed by atoms with Gasteiger partial charge in [0.05, 0.1) is 6.10 Å². The van der Waals surface area contributed by atoms with Crippen molar-refractivity contribution < 1.29 is 15.0 Å². The van der Waals surface area contributed by atoms with E-state index in [2.05, 4.69) is 33.8 Å². The van der Waals surface area contributed by atoms with Crippen LogP contribution in [0.5, 0.6) is 0 Å². The molecule has 4 rings (SSSR count). The number of fused-ring (bicyclic) bond motifs is 2. The average Bonchev–Trinajstić information content (AvgIpc) is 3.01. The lowest BCUT2D eigenvalue weighted by atomic mass is 9.52. The summed E-state index contributed by atoms with van der Waals surface area (Å²) in [5.41, 5.74) is -0.744. The van der Waals surface area contributed by atoms with Crippen molar-refractivity contribution in [3.63, 3.8) is 0 Å². The van der Waals surface area contributed by atoms with Crippen LogP contribution in [-0.4, -0.2) is 28.7 Å². The quantitative estimate of drug-likeness (QED) is 0.781. The first-order valence-corrected chi connectivity index (χ1v) is 9.17. The fourth-order valence-corrected chi connectivity index (χ4v) is 7.85. The molecule has 0 saturated heterocycles. The zero-order valence-electron chi connectivity index (χ0n) is 14.8. The molecule has 2 N–H and O–H groups in total. The molecule has 0 bridgehead atoms. The number of carbonyl (C=O) groups excluding carboxylic acids is 1. The van der Waals surface area contributed by atoms with Crippen LogP contribution in [-0.2, 0) is 4.79 Å². The Morgan fingerprint density at radius 1 is 1.30 bits per heavy atom. The van der Waals surface area contributed by atoms with E-state index in [1.54, 1.807) is 6.08 Å². The molecule has 128 valence electrons. The fraction of sp³-hybridized carbons (Fsp3) is 0.850. The number of ketones is 1. The van der Waals surface area contributed by atoms with E-state index in [-0.39, 0.29) is 40.2 Å². The molecule has 4 aliphatic carbocycles. The Kier molecular flexibility index (Phi) is 2.95. The summed E-state index contributed by atoms with van der Waals surface area (Å²) in [5.74, 6) is 1.37. The van der Waals surface area contributed by atoms with Crippen molar-refractivity contribution >= 4 is 5.78 Å². The zero-order valence-corrected chi connectivity index (χ0v) is 14.8. The Balaban J connectivity index is 1.91. The first-order chi connectivity index (χ1) is 10.7. The van der Waals surface area contributed by atoms with Gasteiger partial charge in [-0.05, 0) is 65.8 Å². The van der Waals surface area contributed by atoms with Gasteiger partial charge in [-0.25, -0.2) is 0 Å². The average molecular weight is 318 g/mol. The van der Waals surface area contributed by atoms with Crippen LogP contribution in [0.25, 0.3) is 0 Å². The summed E-state index contributed by atoms with van der Waals surface area (Å²) >= 11 is 0. The number of carbonyl (C=O) groups is 1. The van der Waals surface area contributed by atoms with Gasteiger partial charge < -0.3 is 10.2 Å². The van der Waals surface area contributed by atoms with Crippen LogP contribution in [0.4, 0.5) is 0 Å². The molecule has 3 nitrogen and oxygen atoms in total. The Hall–Kier alpha value is -0.670. The first kappa shape index (κ1) is 15.8. The highest BCUT2D eigenvalue weighted by molar-refractivity contribution is 5.96. The van der Waals surface area contributed by atoms with Gasteiger partial charge in [0, 0.05) is 12.0 Å². The summed E-state index contributed by atoms with van der Waals surface area (Å²) in [5, 5.41) is 21.0. The minimum absolute atomic E-state index is 0.0456. The number of aliphatic hydroxyl groups is 2. The number of hydrogen-bond donors (Lipinski definition) is 2. The summed E-state index contributed by atoms with van der Waals surface area (Å²) in [6, 6.07) is 0. The minimum atomic E-state index is -0.373. The molecule has 0 aromatic rings. The Labute approximate surface area is 139 Å². The molecule has 0 unspecified atom stereocenters. The molecule has 8 atom stereocenters. The molecule has 0 aromatic carbocycles. The Morgan fingerprint density at radius 2 is 2.00 bits per heavy atom. The van der Waals surface area contributed by atoms with Crippen LogP contribution >= 0.6 is 0 Å². The molecule has 0 aliphatic heterocycles. The second-order valence-corrected chi connectivity index (χ2v) is 9.72. The summed E-state index contributed by atoms with van der Waals surface area (Å²) < 4.78 is 0. The monoisotopic (exact) mass is 318 g/mol. The van der Waals surface area contributed by atoms with Crippen LogP contribution in [0, 0.1) is 39.4 Å². The Bertz CT molecular complexity index is 598. The van der Waals surface area contributed by atoms with Gasteiger partial charge in [0.1, 0.15) is 0 Å². The minimum Gasteiger partial charge on any atom is -0.396 e. The third-order valence-corrected chi connectivity index (χ3v) is 8.86. The van der Waals surface area contributed by atoms with E-state index in [1.807, 2.05) is 0 Å². The lowest BCUT2D eigenvalue weighted by Gasteiger charge is -2.50. The summed E-state index contributed by atoms with van der Waals surface area (Å²) in [6.45, 7) is 8.92. The van der Waals surface area contributed by atoms with Gasteiger partial charge in [-0.2, -0.15) is 0 Å². The SMILES string of the molecule is C[C@H]1C=CC(=O)[C@]2(C)CC[C@H]3[C@@H]4[C@](C)(CO)C[C@@H](O)[C@]4(C)C[C@]132. The van der Waals surface area contributed by atoms with Crippen LogP contribution < -0.4 is 0 Å². The summed E-state index contributed by atoms with van der Waals surface area (Å²) in [6.07, 6.45) is 7.14. The smallest absolute Gasteiger partial charge is 0.161 e. The van der Waals surface area contributed by atoms with Crippen molar-refractivity contribution in [3.05, 3.63) is 12.2 Å². The van der Waals surface area contributed by atoms with Crippen molar-refractivity contribution in [2.24, 2.45) is 39.4 Å². The van der Waals surface area contributed by atoms with Crippen LogP contribution in [0.1, 0.15) is 53.4 Å². The molecule has 0 aromatic heterocycles. The highest BCUT2D eigenvalue weighted by Gasteiger charge is 2.77. The third-order valence-electron chi connectivity index (χ3n) is 8.86. The lowest BCUT2D eigenvalue weighted by molar-refractivity contribution is -0.135. The molecule has 0 radical (unpaired) electrons. The number of hydrogen-bond acceptors (Lipinski definition) is 3. The molecule has 3 fully saturated rings. The first-order valence-electron chi connectivity index (χ1n) is 9.17. The molecule has 3 heteroatoms. The van der Waals surface area contributed by atoms with Gasteiger partial charge >= 0.3 is 0 Å². The fourth-order valence-electron chi connectivity index (χ4n) is 7.85. The van der Waals surface area contributed by atoms with Crippen molar-refractivity contribution in [2.75, 3.05) is 6.61 Å². The van der Waals surface area contributed by atoms with Crippen LogP contribution in [0.3, 0.4) is 0 Å². The maximum absolute atomic E-state index is 12.8. The molecule has 4 aliphatic rings. The van der Waals surface area contributed by atoms with E-state index in [1.165, 1.54) is 0 Å². The van der Waals surface area contributed by atoms with Gasteiger partial charge in [-0.1, -0.05) is 33.8 Å². The highest BCUT2D eigenvalue weighted by Crippen LogP contribution is 2.79. The largest absolute Gasteiger partial charge is 0.396 e. The van der Waals surface area contributed by atoms with Gasteiger partial charge in [-0.3, -0.25) is 4.79 Å². The molecule has 3 saturated carbocycles. The predicted molar refractivity (Wildman–Crippen MR) is 88.6 cm³/mol. The van der Waals surface area contributed by atoms with Crippen molar-refractivity contribution in [3.8, 4) is 0 Å². The zero-order chi connectivity index (χ0) is 16.8. The van der Waals surface area contributed by atoms with Crippen molar-refractivity contribution in [1.29, 1.82) is 0 Å².